The maximum absolute atomic E-state index is 13.8. The van der Waals surface area contributed by atoms with Gasteiger partial charge in [0.25, 0.3) is 0 Å². The Balaban J connectivity index is 1.72. The number of hydrogen-bond acceptors (Lipinski definition) is 7. The van der Waals surface area contributed by atoms with E-state index in [1.807, 2.05) is 6.92 Å². The van der Waals surface area contributed by atoms with E-state index in [-0.39, 0.29) is 23.9 Å². The third kappa shape index (κ3) is 5.28. The zero-order valence-corrected chi connectivity index (χ0v) is 16.1. The number of ether oxygens (including phenoxy) is 2. The molecular weight excluding hydrogens is 391 g/mol. The summed E-state index contributed by atoms with van der Waals surface area (Å²) in [6.07, 6.45) is 2.90. The van der Waals surface area contributed by atoms with Crippen molar-refractivity contribution in [1.82, 2.24) is 4.98 Å². The van der Waals surface area contributed by atoms with Crippen LogP contribution in [0.3, 0.4) is 0 Å². The molecular formula is C21H19FN4O4. The first-order valence-corrected chi connectivity index (χ1v) is 9.10. The molecule has 0 radical (unpaired) electrons. The van der Waals surface area contributed by atoms with E-state index in [0.29, 0.717) is 29.2 Å². The lowest BCUT2D eigenvalue weighted by Gasteiger charge is -2.13. The highest BCUT2D eigenvalue weighted by molar-refractivity contribution is 5.81. The highest BCUT2D eigenvalue weighted by Crippen LogP contribution is 2.29. The number of hydrogen-bond donors (Lipinski definition) is 1. The largest absolute Gasteiger partial charge is 0.490 e. The molecule has 3 aromatic rings. The molecule has 30 heavy (non-hydrogen) atoms. The standard InChI is InChI=1S/C21H19FN4O4/c1-2-29-20-12-15(13-24-25-21-18(26(27)28)8-5-11-23-21)9-10-19(20)30-14-16-6-3-4-7-17(16)22/h3-13H,2,14H2,1H3,(H,23,25)/b24-13-. The van der Waals surface area contributed by atoms with Gasteiger partial charge < -0.3 is 9.47 Å². The van der Waals surface area contributed by atoms with Gasteiger partial charge in [-0.1, -0.05) is 18.2 Å². The monoisotopic (exact) mass is 410 g/mol. The number of rotatable bonds is 9. The smallest absolute Gasteiger partial charge is 0.313 e. The van der Waals surface area contributed by atoms with E-state index >= 15 is 0 Å². The van der Waals surface area contributed by atoms with Crippen molar-refractivity contribution in [3.05, 3.63) is 87.9 Å². The maximum atomic E-state index is 13.8. The Morgan fingerprint density at radius 3 is 2.77 bits per heavy atom. The number of benzene rings is 2. The third-order valence-corrected chi connectivity index (χ3v) is 3.98. The van der Waals surface area contributed by atoms with Crippen molar-refractivity contribution >= 4 is 17.7 Å². The highest BCUT2D eigenvalue weighted by Gasteiger charge is 2.13. The maximum Gasteiger partial charge on any atom is 0.313 e. The summed E-state index contributed by atoms with van der Waals surface area (Å²) in [5.41, 5.74) is 3.49. The molecule has 8 nitrogen and oxygen atoms in total. The fraction of sp³-hybridized carbons (Fsp3) is 0.143. The van der Waals surface area contributed by atoms with Crippen LogP contribution in [0.4, 0.5) is 15.9 Å². The lowest BCUT2D eigenvalue weighted by molar-refractivity contribution is -0.384. The molecule has 0 unspecified atom stereocenters. The summed E-state index contributed by atoms with van der Waals surface area (Å²) in [5.74, 6) is 0.634. The van der Waals surface area contributed by atoms with E-state index in [9.17, 15) is 14.5 Å². The lowest BCUT2D eigenvalue weighted by atomic mass is 10.2. The van der Waals surface area contributed by atoms with E-state index < -0.39 is 4.92 Å². The van der Waals surface area contributed by atoms with Crippen molar-refractivity contribution in [3.63, 3.8) is 0 Å². The van der Waals surface area contributed by atoms with Gasteiger partial charge in [-0.25, -0.2) is 9.37 Å². The molecule has 0 fully saturated rings. The summed E-state index contributed by atoms with van der Waals surface area (Å²) in [7, 11) is 0. The molecule has 0 atom stereocenters. The number of aromatic nitrogens is 1. The minimum absolute atomic E-state index is 0.0358. The Hall–Kier alpha value is -4.01. The van der Waals surface area contributed by atoms with Crippen LogP contribution in [0.2, 0.25) is 0 Å². The van der Waals surface area contributed by atoms with E-state index in [4.69, 9.17) is 9.47 Å². The second kappa shape index (κ2) is 9.97. The van der Waals surface area contributed by atoms with Gasteiger partial charge in [0.15, 0.2) is 11.5 Å². The van der Waals surface area contributed by atoms with Gasteiger partial charge >= 0.3 is 5.69 Å². The second-order valence-electron chi connectivity index (χ2n) is 6.02. The fourth-order valence-electron chi connectivity index (χ4n) is 2.56. The van der Waals surface area contributed by atoms with Crippen molar-refractivity contribution in [2.75, 3.05) is 12.0 Å². The molecule has 2 aromatic carbocycles. The van der Waals surface area contributed by atoms with Gasteiger partial charge in [0.05, 0.1) is 17.7 Å². The molecule has 1 heterocycles. The summed E-state index contributed by atoms with van der Waals surface area (Å²) >= 11 is 0. The van der Waals surface area contributed by atoms with Crippen LogP contribution in [0.5, 0.6) is 11.5 Å². The van der Waals surface area contributed by atoms with Crippen LogP contribution >= 0.6 is 0 Å². The van der Waals surface area contributed by atoms with E-state index in [1.54, 1.807) is 36.4 Å². The van der Waals surface area contributed by atoms with Crippen molar-refractivity contribution < 1.29 is 18.8 Å². The molecule has 0 saturated carbocycles. The van der Waals surface area contributed by atoms with Crippen molar-refractivity contribution in [3.8, 4) is 11.5 Å². The Kier molecular flexibility index (Phi) is 6.88. The second-order valence-corrected chi connectivity index (χ2v) is 6.02. The first-order valence-electron chi connectivity index (χ1n) is 9.10. The first-order chi connectivity index (χ1) is 14.6. The number of hydrazone groups is 1. The lowest BCUT2D eigenvalue weighted by Crippen LogP contribution is -2.02. The Morgan fingerprint density at radius 2 is 2.00 bits per heavy atom. The van der Waals surface area contributed by atoms with Crippen LogP contribution in [0.15, 0.2) is 65.9 Å². The number of anilines is 1. The van der Waals surface area contributed by atoms with Crippen molar-refractivity contribution in [1.29, 1.82) is 0 Å². The molecule has 0 aliphatic carbocycles. The number of pyridine rings is 1. The average molecular weight is 410 g/mol. The van der Waals surface area contributed by atoms with Gasteiger partial charge in [-0.2, -0.15) is 5.10 Å². The zero-order valence-electron chi connectivity index (χ0n) is 16.1. The molecule has 0 bridgehead atoms. The van der Waals surface area contributed by atoms with Gasteiger partial charge in [0.1, 0.15) is 12.4 Å². The topological polar surface area (TPSA) is 98.9 Å². The van der Waals surface area contributed by atoms with Crippen LogP contribution in [0.25, 0.3) is 0 Å². The van der Waals surface area contributed by atoms with Crippen LogP contribution in [-0.2, 0) is 6.61 Å². The van der Waals surface area contributed by atoms with Crippen molar-refractivity contribution in [2.24, 2.45) is 5.10 Å². The normalized spacial score (nSPS) is 10.7. The minimum Gasteiger partial charge on any atom is -0.490 e. The minimum atomic E-state index is -0.542. The summed E-state index contributed by atoms with van der Waals surface area (Å²) in [6.45, 7) is 2.31. The highest BCUT2D eigenvalue weighted by atomic mass is 19.1. The first kappa shape index (κ1) is 20.7. The molecule has 0 amide bonds. The number of nitro groups is 1. The van der Waals surface area contributed by atoms with E-state index in [1.165, 1.54) is 30.6 Å². The van der Waals surface area contributed by atoms with Gasteiger partial charge in [-0.15, -0.1) is 0 Å². The van der Waals surface area contributed by atoms with Gasteiger partial charge in [0.2, 0.25) is 5.82 Å². The molecule has 0 spiro atoms. The molecule has 0 aliphatic rings. The van der Waals surface area contributed by atoms with Gasteiger partial charge in [-0.3, -0.25) is 15.5 Å². The van der Waals surface area contributed by atoms with Crippen LogP contribution in [0.1, 0.15) is 18.1 Å². The molecule has 1 N–H and O–H groups in total. The molecule has 154 valence electrons. The van der Waals surface area contributed by atoms with E-state index in [2.05, 4.69) is 15.5 Å². The summed E-state index contributed by atoms with van der Waals surface area (Å²) in [6, 6.07) is 14.3. The van der Waals surface area contributed by atoms with Gasteiger partial charge in [0, 0.05) is 17.8 Å². The van der Waals surface area contributed by atoms with Crippen LogP contribution in [-0.4, -0.2) is 22.7 Å². The molecule has 3 rings (SSSR count). The predicted molar refractivity (Wildman–Crippen MR) is 110 cm³/mol. The fourth-order valence-corrected chi connectivity index (χ4v) is 2.56. The number of nitrogens with one attached hydrogen (secondary N) is 1. The molecule has 0 aliphatic heterocycles. The number of halogens is 1. The van der Waals surface area contributed by atoms with Crippen LogP contribution in [0, 0.1) is 15.9 Å². The quantitative estimate of drug-likeness (QED) is 0.316. The third-order valence-electron chi connectivity index (χ3n) is 3.98. The zero-order chi connectivity index (χ0) is 21.3. The summed E-state index contributed by atoms with van der Waals surface area (Å²) < 4.78 is 25.1. The molecule has 1 aromatic heterocycles. The number of nitrogens with zero attached hydrogens (tertiary/aromatic N) is 3. The summed E-state index contributed by atoms with van der Waals surface area (Å²) in [5, 5.41) is 15.0. The SMILES string of the molecule is CCOc1cc(/C=N\Nc2ncccc2[N+](=O)[O-])ccc1OCc1ccccc1F. The van der Waals surface area contributed by atoms with Gasteiger partial charge in [-0.05, 0) is 42.8 Å². The Bertz CT molecular complexity index is 1060. The predicted octanol–water partition coefficient (Wildman–Crippen LogP) is 4.55. The van der Waals surface area contributed by atoms with Crippen molar-refractivity contribution in [2.45, 2.75) is 13.5 Å². The average Bonchev–Trinajstić information content (AvgIpc) is 2.74. The molecule has 0 saturated heterocycles. The summed E-state index contributed by atoms with van der Waals surface area (Å²) in [4.78, 5) is 14.4. The van der Waals surface area contributed by atoms with E-state index in [0.717, 1.165) is 0 Å². The molecule has 9 heteroatoms. The Morgan fingerprint density at radius 1 is 1.17 bits per heavy atom. The Labute approximate surface area is 172 Å². The van der Waals surface area contributed by atoms with Crippen LogP contribution < -0.4 is 14.9 Å².